The molecule has 1 aliphatic rings. The Morgan fingerprint density at radius 1 is 1.13 bits per heavy atom. The summed E-state index contributed by atoms with van der Waals surface area (Å²) in [5, 5.41) is 0. The Morgan fingerprint density at radius 3 is 2.32 bits per heavy atom. The zero-order valence-corrected chi connectivity index (χ0v) is 18.3. The topological polar surface area (TPSA) is 58.6 Å². The van der Waals surface area contributed by atoms with Gasteiger partial charge in [0.2, 0.25) is 10.0 Å². The van der Waals surface area contributed by atoms with Crippen LogP contribution in [0.5, 0.6) is 0 Å². The Balaban J connectivity index is 1.72. The highest BCUT2D eigenvalue weighted by Gasteiger charge is 2.42. The Hall–Kier alpha value is -1.94. The summed E-state index contributed by atoms with van der Waals surface area (Å²) in [5.41, 5.74) is 1.93. The van der Waals surface area contributed by atoms with Gasteiger partial charge in [0.05, 0.1) is 12.4 Å². The van der Waals surface area contributed by atoms with Crippen molar-refractivity contribution in [3.63, 3.8) is 0 Å². The van der Waals surface area contributed by atoms with E-state index in [1.165, 1.54) is 17.7 Å². The van der Waals surface area contributed by atoms with Gasteiger partial charge in [-0.25, -0.2) is 8.42 Å². The zero-order chi connectivity index (χ0) is 22.6. The highest BCUT2D eigenvalue weighted by atomic mass is 32.2. The van der Waals surface area contributed by atoms with Gasteiger partial charge in [-0.1, -0.05) is 54.6 Å². The van der Waals surface area contributed by atoms with Crippen LogP contribution in [0.4, 0.5) is 13.2 Å². The fourth-order valence-electron chi connectivity index (χ4n) is 4.06. The van der Waals surface area contributed by atoms with Crippen molar-refractivity contribution in [2.45, 2.75) is 37.2 Å². The van der Waals surface area contributed by atoms with Gasteiger partial charge >= 0.3 is 6.18 Å². The zero-order valence-electron chi connectivity index (χ0n) is 17.5. The van der Waals surface area contributed by atoms with Crippen LogP contribution in [0, 0.1) is 0 Å². The number of methoxy groups -OCH3 is 1. The van der Waals surface area contributed by atoms with Gasteiger partial charge in [-0.05, 0) is 23.1 Å². The van der Waals surface area contributed by atoms with E-state index < -0.39 is 22.2 Å². The van der Waals surface area contributed by atoms with Crippen LogP contribution in [-0.2, 0) is 21.3 Å². The molecule has 0 spiro atoms. The third-order valence-electron chi connectivity index (χ3n) is 5.54. The third kappa shape index (κ3) is 6.52. The number of benzene rings is 2. The summed E-state index contributed by atoms with van der Waals surface area (Å²) >= 11 is 0. The molecule has 0 bridgehead atoms. The molecule has 2 aromatic carbocycles. The van der Waals surface area contributed by atoms with E-state index >= 15 is 0 Å². The van der Waals surface area contributed by atoms with Gasteiger partial charge in [-0.15, -0.1) is 0 Å². The molecular formula is C22H27F3N2O3S. The number of likely N-dealkylation sites (tertiary alicyclic amines) is 1. The highest BCUT2D eigenvalue weighted by Crippen LogP contribution is 2.34. The predicted octanol–water partition coefficient (Wildman–Crippen LogP) is 3.84. The molecule has 3 rings (SSSR count). The van der Waals surface area contributed by atoms with Gasteiger partial charge < -0.3 is 4.74 Å². The van der Waals surface area contributed by atoms with Gasteiger partial charge in [-0.2, -0.15) is 17.9 Å². The standard InChI is InChI=1S/C22H27F3N2O3S/c1-30-20-12-13-27(15-19(20)17-6-4-3-5-7-17)14-16-8-10-18(11-9-16)21(22(23,24)25)26-31(2,28)29/h3-11,19-21,26H,12-15H2,1-2H3. The van der Waals surface area contributed by atoms with E-state index in [2.05, 4.69) is 17.0 Å². The monoisotopic (exact) mass is 456 g/mol. The summed E-state index contributed by atoms with van der Waals surface area (Å²) in [4.78, 5) is 2.26. The molecule has 5 nitrogen and oxygen atoms in total. The molecule has 0 aliphatic carbocycles. The number of sulfonamides is 1. The van der Waals surface area contributed by atoms with Crippen LogP contribution in [0.15, 0.2) is 54.6 Å². The number of halogens is 3. The van der Waals surface area contributed by atoms with Crippen LogP contribution < -0.4 is 4.72 Å². The average Bonchev–Trinajstić information content (AvgIpc) is 2.72. The maximum absolute atomic E-state index is 13.3. The molecule has 31 heavy (non-hydrogen) atoms. The largest absolute Gasteiger partial charge is 0.408 e. The second-order valence-corrected chi connectivity index (χ2v) is 9.70. The summed E-state index contributed by atoms with van der Waals surface area (Å²) in [7, 11) is -2.30. The summed E-state index contributed by atoms with van der Waals surface area (Å²) in [5.74, 6) is 0.216. The number of piperidine rings is 1. The van der Waals surface area contributed by atoms with Crippen LogP contribution in [0.1, 0.15) is 35.1 Å². The van der Waals surface area contributed by atoms with E-state index in [1.54, 1.807) is 24.0 Å². The van der Waals surface area contributed by atoms with Gasteiger partial charge in [-0.3, -0.25) is 4.90 Å². The van der Waals surface area contributed by atoms with Crippen molar-refractivity contribution in [1.82, 2.24) is 9.62 Å². The molecule has 0 radical (unpaired) electrons. The molecule has 170 valence electrons. The molecule has 1 fully saturated rings. The first-order chi connectivity index (χ1) is 14.6. The summed E-state index contributed by atoms with van der Waals surface area (Å²) in [6, 6.07) is 13.8. The number of rotatable bonds is 7. The highest BCUT2D eigenvalue weighted by molar-refractivity contribution is 7.88. The Morgan fingerprint density at radius 2 is 1.77 bits per heavy atom. The second-order valence-electron chi connectivity index (χ2n) is 7.92. The Bertz CT molecular complexity index is 950. The lowest BCUT2D eigenvalue weighted by Gasteiger charge is -2.38. The lowest BCUT2D eigenvalue weighted by molar-refractivity contribution is -0.153. The molecule has 2 aromatic rings. The van der Waals surface area contributed by atoms with E-state index in [0.29, 0.717) is 12.8 Å². The first-order valence-electron chi connectivity index (χ1n) is 10.00. The predicted molar refractivity (Wildman–Crippen MR) is 113 cm³/mol. The van der Waals surface area contributed by atoms with E-state index in [4.69, 9.17) is 4.74 Å². The van der Waals surface area contributed by atoms with E-state index in [-0.39, 0.29) is 17.6 Å². The maximum Gasteiger partial charge on any atom is 0.408 e. The number of nitrogens with zero attached hydrogens (tertiary/aromatic N) is 1. The van der Waals surface area contributed by atoms with Gasteiger partial charge in [0.15, 0.2) is 0 Å². The number of nitrogens with one attached hydrogen (secondary N) is 1. The van der Waals surface area contributed by atoms with Gasteiger partial charge in [0, 0.05) is 32.7 Å². The SMILES string of the molecule is COC1CCN(Cc2ccc(C(NS(C)(=O)=O)C(F)(F)F)cc2)CC1c1ccccc1. The van der Waals surface area contributed by atoms with Crippen molar-refractivity contribution < 1.29 is 26.3 Å². The van der Waals surface area contributed by atoms with Crippen LogP contribution in [0.25, 0.3) is 0 Å². The molecule has 1 saturated heterocycles. The van der Waals surface area contributed by atoms with Crippen molar-refractivity contribution in [3.8, 4) is 0 Å². The van der Waals surface area contributed by atoms with E-state index in [9.17, 15) is 21.6 Å². The molecule has 3 unspecified atom stereocenters. The van der Waals surface area contributed by atoms with Crippen molar-refractivity contribution >= 4 is 10.0 Å². The summed E-state index contributed by atoms with van der Waals surface area (Å²) in [6.45, 7) is 2.20. The first kappa shape index (κ1) is 23.7. The van der Waals surface area contributed by atoms with Gasteiger partial charge in [0.25, 0.3) is 0 Å². The molecule has 0 aromatic heterocycles. The van der Waals surface area contributed by atoms with E-state index in [0.717, 1.165) is 25.1 Å². The second kappa shape index (κ2) is 9.68. The normalized spacial score (nSPS) is 21.7. The molecule has 1 N–H and O–H groups in total. The molecule has 1 aliphatic heterocycles. The molecule has 1 heterocycles. The minimum absolute atomic E-state index is 0.121. The fourth-order valence-corrected chi connectivity index (χ4v) is 4.75. The van der Waals surface area contributed by atoms with Crippen molar-refractivity contribution in [3.05, 3.63) is 71.3 Å². The minimum atomic E-state index is -4.73. The molecule has 3 atom stereocenters. The van der Waals surface area contributed by atoms with Crippen molar-refractivity contribution in [2.75, 3.05) is 26.5 Å². The Kier molecular flexibility index (Phi) is 7.41. The number of ether oxygens (including phenoxy) is 1. The van der Waals surface area contributed by atoms with E-state index in [1.807, 2.05) is 18.2 Å². The lowest BCUT2D eigenvalue weighted by atomic mass is 9.87. The molecule has 0 saturated carbocycles. The average molecular weight is 457 g/mol. The lowest BCUT2D eigenvalue weighted by Crippen LogP contribution is -2.42. The fraction of sp³-hybridized carbons (Fsp3) is 0.455. The molecule has 0 amide bonds. The number of hydrogen-bond donors (Lipinski definition) is 1. The smallest absolute Gasteiger partial charge is 0.381 e. The quantitative estimate of drug-likeness (QED) is 0.688. The van der Waals surface area contributed by atoms with Crippen LogP contribution in [0.3, 0.4) is 0 Å². The van der Waals surface area contributed by atoms with Crippen LogP contribution >= 0.6 is 0 Å². The number of hydrogen-bond acceptors (Lipinski definition) is 4. The van der Waals surface area contributed by atoms with Crippen molar-refractivity contribution in [2.24, 2.45) is 0 Å². The Labute approximate surface area is 181 Å². The molecule has 9 heteroatoms. The maximum atomic E-state index is 13.3. The number of alkyl halides is 3. The van der Waals surface area contributed by atoms with Crippen LogP contribution in [-0.4, -0.2) is 52.1 Å². The first-order valence-corrected chi connectivity index (χ1v) is 11.9. The molecular weight excluding hydrogens is 429 g/mol. The van der Waals surface area contributed by atoms with Crippen molar-refractivity contribution in [1.29, 1.82) is 0 Å². The van der Waals surface area contributed by atoms with Gasteiger partial charge in [0.1, 0.15) is 6.04 Å². The minimum Gasteiger partial charge on any atom is -0.381 e. The third-order valence-corrected chi connectivity index (χ3v) is 6.21. The van der Waals surface area contributed by atoms with Crippen LogP contribution in [0.2, 0.25) is 0 Å². The summed E-state index contributed by atoms with van der Waals surface area (Å²) in [6.07, 6.45) is -3.03. The summed E-state index contributed by atoms with van der Waals surface area (Å²) < 4.78 is 70.1.